The molecule has 0 bridgehead atoms. The van der Waals surface area contributed by atoms with Crippen molar-refractivity contribution in [3.8, 4) is 5.75 Å². The van der Waals surface area contributed by atoms with Gasteiger partial charge in [0.15, 0.2) is 5.78 Å². The van der Waals surface area contributed by atoms with E-state index in [1.807, 2.05) is 0 Å². The van der Waals surface area contributed by atoms with Crippen LogP contribution >= 0.6 is 0 Å². The van der Waals surface area contributed by atoms with E-state index >= 15 is 0 Å². The van der Waals surface area contributed by atoms with Gasteiger partial charge in [-0.05, 0) is 42.8 Å². The number of ketones is 1. The Balaban J connectivity index is 2.06. The van der Waals surface area contributed by atoms with Gasteiger partial charge in [-0.15, -0.1) is 0 Å². The SMILES string of the molecule is CC(O)COc1ccc(C(=O)c2ccc(C=CC(=O)O)cc2)cc1. The van der Waals surface area contributed by atoms with Crippen molar-refractivity contribution in [2.45, 2.75) is 13.0 Å². The lowest BCUT2D eigenvalue weighted by Crippen LogP contribution is -2.12. The van der Waals surface area contributed by atoms with Crippen LogP contribution in [0.3, 0.4) is 0 Å². The molecule has 2 N–H and O–H groups in total. The van der Waals surface area contributed by atoms with Crippen LogP contribution in [-0.2, 0) is 4.79 Å². The van der Waals surface area contributed by atoms with E-state index in [1.54, 1.807) is 55.5 Å². The zero-order chi connectivity index (χ0) is 17.5. The number of carboxylic acids is 1. The van der Waals surface area contributed by atoms with Crippen molar-refractivity contribution in [2.24, 2.45) is 0 Å². The Morgan fingerprint density at radius 1 is 1.04 bits per heavy atom. The van der Waals surface area contributed by atoms with Crippen LogP contribution in [0.4, 0.5) is 0 Å². The van der Waals surface area contributed by atoms with Gasteiger partial charge in [0.25, 0.3) is 0 Å². The molecule has 1 unspecified atom stereocenters. The van der Waals surface area contributed by atoms with Gasteiger partial charge in [-0.2, -0.15) is 0 Å². The Hall–Kier alpha value is -2.92. The maximum absolute atomic E-state index is 12.4. The summed E-state index contributed by atoms with van der Waals surface area (Å²) in [7, 11) is 0. The maximum Gasteiger partial charge on any atom is 0.328 e. The molecule has 24 heavy (non-hydrogen) atoms. The third kappa shape index (κ3) is 5.07. The minimum Gasteiger partial charge on any atom is -0.491 e. The third-order valence-corrected chi connectivity index (χ3v) is 3.20. The van der Waals surface area contributed by atoms with Crippen LogP contribution < -0.4 is 4.74 Å². The zero-order valence-corrected chi connectivity index (χ0v) is 13.2. The van der Waals surface area contributed by atoms with Gasteiger partial charge < -0.3 is 14.9 Å². The Labute approximate surface area is 139 Å². The topological polar surface area (TPSA) is 83.8 Å². The Kier molecular flexibility index (Phi) is 5.87. The van der Waals surface area contributed by atoms with Gasteiger partial charge in [0.1, 0.15) is 12.4 Å². The van der Waals surface area contributed by atoms with Crippen molar-refractivity contribution in [2.75, 3.05) is 6.61 Å². The van der Waals surface area contributed by atoms with E-state index in [9.17, 15) is 14.7 Å². The number of aliphatic carboxylic acids is 1. The molecule has 0 aliphatic rings. The summed E-state index contributed by atoms with van der Waals surface area (Å²) in [6.07, 6.45) is 1.95. The molecule has 2 aromatic rings. The second kappa shape index (κ2) is 8.08. The molecule has 0 amide bonds. The highest BCUT2D eigenvalue weighted by atomic mass is 16.5. The van der Waals surface area contributed by atoms with Crippen molar-refractivity contribution in [3.63, 3.8) is 0 Å². The lowest BCUT2D eigenvalue weighted by Gasteiger charge is -2.08. The van der Waals surface area contributed by atoms with Gasteiger partial charge in [-0.25, -0.2) is 4.79 Å². The molecule has 0 spiro atoms. The van der Waals surface area contributed by atoms with Crippen LogP contribution in [0, 0.1) is 0 Å². The number of hydrogen-bond donors (Lipinski definition) is 2. The fourth-order valence-corrected chi connectivity index (χ4v) is 2.00. The molecule has 5 nitrogen and oxygen atoms in total. The number of aliphatic hydroxyl groups excluding tert-OH is 1. The highest BCUT2D eigenvalue weighted by Gasteiger charge is 2.09. The summed E-state index contributed by atoms with van der Waals surface area (Å²) in [5.41, 5.74) is 1.74. The molecule has 0 aliphatic carbocycles. The first-order valence-corrected chi connectivity index (χ1v) is 7.42. The summed E-state index contributed by atoms with van der Waals surface area (Å²) < 4.78 is 5.35. The van der Waals surface area contributed by atoms with Crippen molar-refractivity contribution < 1.29 is 24.5 Å². The molecule has 5 heteroatoms. The number of carbonyl (C=O) groups excluding carboxylic acids is 1. The zero-order valence-electron chi connectivity index (χ0n) is 13.2. The van der Waals surface area contributed by atoms with Crippen LogP contribution in [-0.4, -0.2) is 34.7 Å². The lowest BCUT2D eigenvalue weighted by molar-refractivity contribution is -0.131. The highest BCUT2D eigenvalue weighted by Crippen LogP contribution is 2.16. The summed E-state index contributed by atoms with van der Waals surface area (Å²) in [6.45, 7) is 1.83. The third-order valence-electron chi connectivity index (χ3n) is 3.20. The normalized spacial score (nSPS) is 12.1. The van der Waals surface area contributed by atoms with E-state index in [1.165, 1.54) is 6.08 Å². The first kappa shape index (κ1) is 17.4. The Bertz CT molecular complexity index is 727. The van der Waals surface area contributed by atoms with Gasteiger partial charge in [0.2, 0.25) is 0 Å². The minimum atomic E-state index is -1.02. The van der Waals surface area contributed by atoms with Crippen LogP contribution in [0.15, 0.2) is 54.6 Å². The summed E-state index contributed by atoms with van der Waals surface area (Å²) in [5.74, 6) is -0.569. The van der Waals surface area contributed by atoms with Crippen molar-refractivity contribution in [1.82, 2.24) is 0 Å². The molecule has 2 rings (SSSR count). The predicted molar refractivity (Wildman–Crippen MR) is 90.2 cm³/mol. The standard InChI is InChI=1S/C19H18O5/c1-13(20)12-24-17-9-7-16(8-10-17)19(23)15-5-2-14(3-6-15)4-11-18(21)22/h2-11,13,20H,12H2,1H3,(H,21,22). The lowest BCUT2D eigenvalue weighted by atomic mass is 10.0. The number of benzene rings is 2. The first-order valence-electron chi connectivity index (χ1n) is 7.42. The monoisotopic (exact) mass is 326 g/mol. The first-order chi connectivity index (χ1) is 11.5. The molecule has 0 aromatic heterocycles. The van der Waals surface area contributed by atoms with Crippen LogP contribution in [0.25, 0.3) is 6.08 Å². The predicted octanol–water partition coefficient (Wildman–Crippen LogP) is 2.78. The average Bonchev–Trinajstić information content (AvgIpc) is 2.58. The Morgan fingerprint density at radius 2 is 1.58 bits per heavy atom. The minimum absolute atomic E-state index is 0.133. The van der Waals surface area contributed by atoms with E-state index in [-0.39, 0.29) is 12.4 Å². The van der Waals surface area contributed by atoms with Gasteiger partial charge in [-0.3, -0.25) is 4.79 Å². The molecular formula is C19H18O5. The van der Waals surface area contributed by atoms with Crippen molar-refractivity contribution >= 4 is 17.8 Å². The summed E-state index contributed by atoms with van der Waals surface area (Å²) in [6, 6.07) is 13.4. The largest absolute Gasteiger partial charge is 0.491 e. The number of rotatable bonds is 7. The molecule has 0 radical (unpaired) electrons. The van der Waals surface area contributed by atoms with Crippen LogP contribution in [0.2, 0.25) is 0 Å². The van der Waals surface area contributed by atoms with E-state index in [4.69, 9.17) is 9.84 Å². The van der Waals surface area contributed by atoms with E-state index in [2.05, 4.69) is 0 Å². The van der Waals surface area contributed by atoms with Gasteiger partial charge in [0.05, 0.1) is 6.10 Å². The number of aliphatic hydroxyl groups is 1. The fourth-order valence-electron chi connectivity index (χ4n) is 2.00. The van der Waals surface area contributed by atoms with Gasteiger partial charge >= 0.3 is 5.97 Å². The molecule has 0 fully saturated rings. The fraction of sp³-hybridized carbons (Fsp3) is 0.158. The second-order valence-corrected chi connectivity index (χ2v) is 5.31. The Morgan fingerprint density at radius 3 is 2.08 bits per heavy atom. The van der Waals surface area contributed by atoms with Crippen molar-refractivity contribution in [3.05, 3.63) is 71.3 Å². The van der Waals surface area contributed by atoms with E-state index in [0.717, 1.165) is 6.08 Å². The van der Waals surface area contributed by atoms with Crippen LogP contribution in [0.1, 0.15) is 28.4 Å². The maximum atomic E-state index is 12.4. The van der Waals surface area contributed by atoms with Crippen molar-refractivity contribution in [1.29, 1.82) is 0 Å². The molecule has 1 atom stereocenters. The van der Waals surface area contributed by atoms with E-state index < -0.39 is 12.1 Å². The summed E-state index contributed by atoms with van der Waals surface area (Å²) in [4.78, 5) is 22.9. The number of carboxylic acid groups (broad SMARTS) is 1. The quantitative estimate of drug-likeness (QED) is 0.604. The van der Waals surface area contributed by atoms with Gasteiger partial charge in [0, 0.05) is 17.2 Å². The molecule has 0 saturated carbocycles. The molecule has 0 saturated heterocycles. The van der Waals surface area contributed by atoms with E-state index in [0.29, 0.717) is 22.4 Å². The number of carbonyl (C=O) groups is 2. The second-order valence-electron chi connectivity index (χ2n) is 5.31. The number of hydrogen-bond acceptors (Lipinski definition) is 4. The number of ether oxygens (including phenoxy) is 1. The highest BCUT2D eigenvalue weighted by molar-refractivity contribution is 6.09. The van der Waals surface area contributed by atoms with Gasteiger partial charge in [-0.1, -0.05) is 24.3 Å². The molecule has 0 heterocycles. The molecule has 0 aliphatic heterocycles. The molecule has 2 aromatic carbocycles. The smallest absolute Gasteiger partial charge is 0.328 e. The molecular weight excluding hydrogens is 308 g/mol. The molecule has 124 valence electrons. The van der Waals surface area contributed by atoms with Crippen LogP contribution in [0.5, 0.6) is 5.75 Å². The average molecular weight is 326 g/mol. The summed E-state index contributed by atoms with van der Waals surface area (Å²) in [5, 5.41) is 17.8. The summed E-state index contributed by atoms with van der Waals surface area (Å²) >= 11 is 0.